The summed E-state index contributed by atoms with van der Waals surface area (Å²) in [6, 6.07) is 2.75. The van der Waals surface area contributed by atoms with Crippen molar-refractivity contribution in [3.63, 3.8) is 0 Å². The molecule has 7 nitrogen and oxygen atoms in total. The number of ether oxygens (including phenoxy) is 3. The highest BCUT2D eigenvalue weighted by Crippen LogP contribution is 2.34. The number of carbonyl (C=O) groups is 2. The van der Waals surface area contributed by atoms with Crippen LogP contribution < -0.4 is 15.4 Å². The monoisotopic (exact) mass is 424 g/mol. The van der Waals surface area contributed by atoms with Gasteiger partial charge in [0.05, 0.1) is 25.5 Å². The molecule has 1 fully saturated rings. The molecule has 1 aromatic carbocycles. The van der Waals surface area contributed by atoms with Crippen LogP contribution in [0.1, 0.15) is 63.7 Å². The van der Waals surface area contributed by atoms with Crippen LogP contribution in [0.25, 0.3) is 0 Å². The Morgan fingerprint density at radius 1 is 1.13 bits per heavy atom. The lowest BCUT2D eigenvalue weighted by Crippen LogP contribution is -2.42. The van der Waals surface area contributed by atoms with Gasteiger partial charge in [-0.25, -0.2) is 14.0 Å². The largest absolute Gasteiger partial charge is 0.492 e. The van der Waals surface area contributed by atoms with E-state index in [4.69, 9.17) is 14.2 Å². The fourth-order valence-electron chi connectivity index (χ4n) is 3.74. The maximum atomic E-state index is 14.4. The van der Waals surface area contributed by atoms with Crippen molar-refractivity contribution in [3.05, 3.63) is 23.5 Å². The number of esters is 1. The molecule has 1 saturated carbocycles. The van der Waals surface area contributed by atoms with Gasteiger partial charge in [0.25, 0.3) is 0 Å². The van der Waals surface area contributed by atoms with Crippen LogP contribution in [0.5, 0.6) is 5.75 Å². The zero-order valence-corrected chi connectivity index (χ0v) is 18.6. The number of hydrogen-bond donors (Lipinski definition) is 2. The van der Waals surface area contributed by atoms with Gasteiger partial charge in [-0.3, -0.25) is 0 Å². The lowest BCUT2D eigenvalue weighted by Gasteiger charge is -2.34. The molecule has 2 rings (SSSR count). The first-order chi connectivity index (χ1) is 14.0. The van der Waals surface area contributed by atoms with Crippen LogP contribution in [0.4, 0.5) is 14.9 Å². The highest BCUT2D eigenvalue weighted by molar-refractivity contribution is 5.91. The van der Waals surface area contributed by atoms with E-state index in [2.05, 4.69) is 10.6 Å². The molecule has 0 heterocycles. The molecule has 30 heavy (non-hydrogen) atoms. The normalized spacial score (nSPS) is 20.1. The second-order valence-electron chi connectivity index (χ2n) is 8.72. The van der Waals surface area contributed by atoms with Crippen LogP contribution in [0, 0.1) is 11.7 Å². The number of hydrogen-bond acceptors (Lipinski definition) is 6. The van der Waals surface area contributed by atoms with E-state index in [0.29, 0.717) is 11.6 Å². The summed E-state index contributed by atoms with van der Waals surface area (Å²) in [6.07, 6.45) is 3.08. The molecule has 168 valence electrons. The molecule has 8 heteroatoms. The van der Waals surface area contributed by atoms with Gasteiger partial charge in [-0.2, -0.15) is 0 Å². The Morgan fingerprint density at radius 3 is 2.30 bits per heavy atom. The average molecular weight is 425 g/mol. The Kier molecular flexibility index (Phi) is 7.92. The highest BCUT2D eigenvalue weighted by atomic mass is 19.1. The van der Waals surface area contributed by atoms with Gasteiger partial charge < -0.3 is 24.8 Å². The van der Waals surface area contributed by atoms with E-state index in [-0.39, 0.29) is 23.4 Å². The van der Waals surface area contributed by atoms with Crippen LogP contribution in [-0.2, 0) is 9.47 Å². The van der Waals surface area contributed by atoms with E-state index in [1.807, 2.05) is 27.7 Å². The van der Waals surface area contributed by atoms with E-state index in [0.717, 1.165) is 31.7 Å². The molecule has 0 saturated heterocycles. The van der Waals surface area contributed by atoms with Crippen molar-refractivity contribution in [1.82, 2.24) is 5.32 Å². The number of carbonyl (C=O) groups excluding carboxylic acids is 2. The number of benzene rings is 1. The van der Waals surface area contributed by atoms with E-state index < -0.39 is 23.5 Å². The first-order valence-electron chi connectivity index (χ1n) is 10.3. The van der Waals surface area contributed by atoms with Gasteiger partial charge in [-0.05, 0) is 71.4 Å². The number of nitrogens with one attached hydrogen (secondary N) is 2. The van der Waals surface area contributed by atoms with Crippen molar-refractivity contribution < 1.29 is 28.2 Å². The van der Waals surface area contributed by atoms with Crippen molar-refractivity contribution in [1.29, 1.82) is 0 Å². The second-order valence-corrected chi connectivity index (χ2v) is 8.72. The van der Waals surface area contributed by atoms with E-state index in [1.165, 1.54) is 14.2 Å². The second kappa shape index (κ2) is 10.00. The van der Waals surface area contributed by atoms with Gasteiger partial charge >= 0.3 is 12.1 Å². The Morgan fingerprint density at radius 2 is 1.77 bits per heavy atom. The molecular formula is C22H33FN2O5. The quantitative estimate of drug-likeness (QED) is 0.654. The minimum Gasteiger partial charge on any atom is -0.492 e. The van der Waals surface area contributed by atoms with Gasteiger partial charge in [-0.15, -0.1) is 0 Å². The molecule has 2 N–H and O–H groups in total. The van der Waals surface area contributed by atoms with Gasteiger partial charge in [0.2, 0.25) is 0 Å². The summed E-state index contributed by atoms with van der Waals surface area (Å²) in [5, 5.41) is 6.23. The van der Waals surface area contributed by atoms with Crippen LogP contribution in [0.3, 0.4) is 0 Å². The Balaban J connectivity index is 1.98. The highest BCUT2D eigenvalue weighted by Gasteiger charge is 2.28. The molecule has 1 aliphatic rings. The summed E-state index contributed by atoms with van der Waals surface area (Å²) in [5.41, 5.74) is 0.0162. The van der Waals surface area contributed by atoms with Crippen molar-refractivity contribution in [2.45, 2.75) is 71.1 Å². The molecule has 0 aromatic heterocycles. The minimum atomic E-state index is -0.625. The topological polar surface area (TPSA) is 85.9 Å². The van der Waals surface area contributed by atoms with E-state index >= 15 is 0 Å². The molecule has 1 amide bonds. The molecule has 1 aliphatic carbocycles. The number of methoxy groups -OCH3 is 2. The number of amides is 1. The third kappa shape index (κ3) is 6.50. The SMILES string of the molecule is COC(=O)c1cc(F)c(OC)c(N[C@@H](C)C2CCC(NC(=O)OC(C)(C)C)CC2)c1. The molecular weight excluding hydrogens is 391 g/mol. The van der Waals surface area contributed by atoms with Crippen molar-refractivity contribution in [2.75, 3.05) is 19.5 Å². The number of halogens is 1. The maximum absolute atomic E-state index is 14.4. The molecule has 0 aliphatic heterocycles. The Labute approximate surface area is 177 Å². The number of alkyl carbamates (subject to hydrolysis) is 1. The van der Waals surface area contributed by atoms with Crippen LogP contribution >= 0.6 is 0 Å². The van der Waals surface area contributed by atoms with E-state index in [1.54, 1.807) is 6.07 Å². The van der Waals surface area contributed by atoms with Gasteiger partial charge in [0.15, 0.2) is 11.6 Å². The fraction of sp³-hybridized carbons (Fsp3) is 0.636. The molecule has 0 radical (unpaired) electrons. The van der Waals surface area contributed by atoms with Crippen LogP contribution in [0.15, 0.2) is 12.1 Å². The number of rotatable bonds is 6. The predicted octanol–water partition coefficient (Wildman–Crippen LogP) is 4.50. The van der Waals surface area contributed by atoms with Gasteiger partial charge in [0, 0.05) is 12.1 Å². The predicted molar refractivity (Wildman–Crippen MR) is 112 cm³/mol. The minimum absolute atomic E-state index is 0.0219. The third-order valence-electron chi connectivity index (χ3n) is 5.25. The van der Waals surface area contributed by atoms with Crippen molar-refractivity contribution >= 4 is 17.7 Å². The summed E-state index contributed by atoms with van der Waals surface area (Å²) < 4.78 is 29.6. The summed E-state index contributed by atoms with van der Waals surface area (Å²) in [5.74, 6) is -0.840. The Hall–Kier alpha value is -2.51. The molecule has 0 spiro atoms. The summed E-state index contributed by atoms with van der Waals surface area (Å²) >= 11 is 0. The first kappa shape index (κ1) is 23.8. The summed E-state index contributed by atoms with van der Waals surface area (Å²) in [4.78, 5) is 23.8. The van der Waals surface area contributed by atoms with Gasteiger partial charge in [-0.1, -0.05) is 0 Å². The smallest absolute Gasteiger partial charge is 0.407 e. The lowest BCUT2D eigenvalue weighted by molar-refractivity contribution is 0.0485. The fourth-order valence-corrected chi connectivity index (χ4v) is 3.74. The van der Waals surface area contributed by atoms with Crippen molar-refractivity contribution in [2.24, 2.45) is 5.92 Å². The van der Waals surface area contributed by atoms with Crippen LogP contribution in [-0.4, -0.2) is 44.0 Å². The van der Waals surface area contributed by atoms with E-state index in [9.17, 15) is 14.0 Å². The Bertz CT molecular complexity index is 755. The number of anilines is 1. The van der Waals surface area contributed by atoms with Crippen LogP contribution in [0.2, 0.25) is 0 Å². The molecule has 1 aromatic rings. The first-order valence-corrected chi connectivity index (χ1v) is 10.3. The zero-order valence-electron chi connectivity index (χ0n) is 18.6. The third-order valence-corrected chi connectivity index (χ3v) is 5.25. The average Bonchev–Trinajstić information content (AvgIpc) is 2.66. The molecule has 0 bridgehead atoms. The van der Waals surface area contributed by atoms with Gasteiger partial charge in [0.1, 0.15) is 5.60 Å². The maximum Gasteiger partial charge on any atom is 0.407 e. The van der Waals surface area contributed by atoms with Crippen molar-refractivity contribution in [3.8, 4) is 5.75 Å². The lowest BCUT2D eigenvalue weighted by atomic mass is 9.82. The zero-order chi connectivity index (χ0) is 22.5. The molecule has 1 atom stereocenters. The molecule has 0 unspecified atom stereocenters. The summed E-state index contributed by atoms with van der Waals surface area (Å²) in [7, 11) is 2.64. The summed E-state index contributed by atoms with van der Waals surface area (Å²) in [6.45, 7) is 7.53. The standard InChI is InChI=1S/C22H33FN2O5/c1-13(14-7-9-16(10-8-14)25-21(27)30-22(2,3)4)24-18-12-15(20(26)29-6)11-17(23)19(18)28-5/h11-14,16,24H,7-10H2,1-6H3,(H,25,27)/t13-,14?,16?/m0/s1.